The van der Waals surface area contributed by atoms with Crippen molar-refractivity contribution < 1.29 is 14.3 Å². The van der Waals surface area contributed by atoms with Crippen molar-refractivity contribution in [2.24, 2.45) is 0 Å². The average molecular weight is 388 g/mol. The zero-order valence-electron chi connectivity index (χ0n) is 16.1. The maximum absolute atomic E-state index is 12.5. The normalized spacial score (nSPS) is 10.7. The van der Waals surface area contributed by atoms with Crippen LogP contribution in [0.15, 0.2) is 67.0 Å². The first-order valence-electron chi connectivity index (χ1n) is 9.07. The first-order chi connectivity index (χ1) is 14.2. The number of fused-ring (bicyclic) bond motifs is 1. The maximum Gasteiger partial charge on any atom is 0.257 e. The maximum atomic E-state index is 12.5. The van der Waals surface area contributed by atoms with Crippen LogP contribution in [0.25, 0.3) is 11.0 Å². The van der Waals surface area contributed by atoms with E-state index in [4.69, 9.17) is 9.47 Å². The number of hydrogen-bond donors (Lipinski definition) is 1. The molecular weight excluding hydrogens is 368 g/mol. The van der Waals surface area contributed by atoms with E-state index >= 15 is 0 Å². The van der Waals surface area contributed by atoms with Gasteiger partial charge in [0.05, 0.1) is 32.5 Å². The number of rotatable bonds is 6. The van der Waals surface area contributed by atoms with E-state index in [9.17, 15) is 4.79 Å². The van der Waals surface area contributed by atoms with Gasteiger partial charge < -0.3 is 14.8 Å². The van der Waals surface area contributed by atoms with Gasteiger partial charge >= 0.3 is 0 Å². The molecule has 0 bridgehead atoms. The van der Waals surface area contributed by atoms with E-state index < -0.39 is 0 Å². The minimum Gasteiger partial charge on any atom is -0.497 e. The van der Waals surface area contributed by atoms with Gasteiger partial charge in [-0.15, -0.1) is 0 Å². The number of hydrogen-bond acceptors (Lipinski definition) is 5. The van der Waals surface area contributed by atoms with E-state index in [1.807, 2.05) is 48.5 Å². The average Bonchev–Trinajstić information content (AvgIpc) is 3.16. The molecule has 0 fully saturated rings. The number of nitrogens with one attached hydrogen (secondary N) is 1. The highest BCUT2D eigenvalue weighted by Crippen LogP contribution is 2.26. The molecule has 0 aliphatic heterocycles. The third kappa shape index (κ3) is 3.89. The molecule has 29 heavy (non-hydrogen) atoms. The van der Waals surface area contributed by atoms with Crippen LogP contribution in [-0.2, 0) is 6.54 Å². The Morgan fingerprint density at radius 2 is 1.86 bits per heavy atom. The molecule has 2 aromatic carbocycles. The number of amides is 1. The molecule has 1 amide bonds. The fourth-order valence-electron chi connectivity index (χ4n) is 3.08. The highest BCUT2D eigenvalue weighted by atomic mass is 16.5. The van der Waals surface area contributed by atoms with Gasteiger partial charge in [-0.3, -0.25) is 4.79 Å². The van der Waals surface area contributed by atoms with Crippen molar-refractivity contribution in [3.8, 4) is 11.5 Å². The van der Waals surface area contributed by atoms with Gasteiger partial charge in [0.2, 0.25) is 0 Å². The van der Waals surface area contributed by atoms with E-state index in [0.717, 1.165) is 22.4 Å². The summed E-state index contributed by atoms with van der Waals surface area (Å²) in [5.74, 6) is 1.23. The summed E-state index contributed by atoms with van der Waals surface area (Å²) in [4.78, 5) is 17.0. The molecule has 0 aliphatic rings. The standard InChI is InChI=1S/C22H20N4O3/c1-28-19-9-8-15(20(11-19)29-2)14-26-21-16(13-24-26)10-17(12-23-21)22(27)25-18-6-4-3-5-7-18/h3-13H,14H2,1-2H3,(H,25,27). The summed E-state index contributed by atoms with van der Waals surface area (Å²) < 4.78 is 12.5. The summed E-state index contributed by atoms with van der Waals surface area (Å²) in [7, 11) is 3.24. The quantitative estimate of drug-likeness (QED) is 0.544. The molecule has 0 atom stereocenters. The van der Waals surface area contributed by atoms with E-state index in [2.05, 4.69) is 15.4 Å². The molecule has 0 saturated carbocycles. The van der Waals surface area contributed by atoms with Gasteiger partial charge in [-0.1, -0.05) is 18.2 Å². The topological polar surface area (TPSA) is 78.3 Å². The highest BCUT2D eigenvalue weighted by Gasteiger charge is 2.13. The summed E-state index contributed by atoms with van der Waals surface area (Å²) >= 11 is 0. The summed E-state index contributed by atoms with van der Waals surface area (Å²) in [6.07, 6.45) is 3.27. The third-order valence-electron chi connectivity index (χ3n) is 4.58. The van der Waals surface area contributed by atoms with Crippen LogP contribution in [0.5, 0.6) is 11.5 Å². The van der Waals surface area contributed by atoms with Gasteiger partial charge in [0.1, 0.15) is 11.5 Å². The smallest absolute Gasteiger partial charge is 0.257 e. The lowest BCUT2D eigenvalue weighted by molar-refractivity contribution is 0.102. The predicted molar refractivity (Wildman–Crippen MR) is 111 cm³/mol. The Morgan fingerprint density at radius 1 is 1.03 bits per heavy atom. The molecule has 2 heterocycles. The second-order valence-corrected chi connectivity index (χ2v) is 6.44. The van der Waals surface area contributed by atoms with Crippen LogP contribution >= 0.6 is 0 Å². The number of nitrogens with zero attached hydrogens (tertiary/aromatic N) is 3. The molecule has 7 heteroatoms. The number of anilines is 1. The highest BCUT2D eigenvalue weighted by molar-refractivity contribution is 6.05. The van der Waals surface area contributed by atoms with Crippen molar-refractivity contribution in [3.05, 3.63) is 78.1 Å². The number of benzene rings is 2. The number of carbonyl (C=O) groups is 1. The van der Waals surface area contributed by atoms with Crippen LogP contribution in [0.4, 0.5) is 5.69 Å². The van der Waals surface area contributed by atoms with Crippen molar-refractivity contribution in [2.45, 2.75) is 6.54 Å². The van der Waals surface area contributed by atoms with E-state index in [1.165, 1.54) is 0 Å². The van der Waals surface area contributed by atoms with Crippen LogP contribution in [0.1, 0.15) is 15.9 Å². The number of ether oxygens (including phenoxy) is 2. The van der Waals surface area contributed by atoms with Gasteiger partial charge in [-0.2, -0.15) is 5.10 Å². The van der Waals surface area contributed by atoms with Crippen molar-refractivity contribution >= 4 is 22.6 Å². The number of pyridine rings is 1. The van der Waals surface area contributed by atoms with Crippen molar-refractivity contribution in [2.75, 3.05) is 19.5 Å². The van der Waals surface area contributed by atoms with Crippen LogP contribution < -0.4 is 14.8 Å². The van der Waals surface area contributed by atoms with Gasteiger partial charge in [-0.05, 0) is 30.3 Å². The molecule has 2 aromatic heterocycles. The Bertz CT molecular complexity index is 1160. The molecule has 7 nitrogen and oxygen atoms in total. The lowest BCUT2D eigenvalue weighted by atomic mass is 10.2. The molecule has 4 rings (SSSR count). The Labute approximate surface area is 167 Å². The Morgan fingerprint density at radius 3 is 2.62 bits per heavy atom. The molecule has 1 N–H and O–H groups in total. The lowest BCUT2D eigenvalue weighted by Crippen LogP contribution is -2.12. The van der Waals surface area contributed by atoms with E-state index in [-0.39, 0.29) is 5.91 Å². The largest absolute Gasteiger partial charge is 0.497 e. The number of methoxy groups -OCH3 is 2. The van der Waals surface area contributed by atoms with Crippen LogP contribution in [0.2, 0.25) is 0 Å². The molecule has 0 spiro atoms. The SMILES string of the molecule is COc1ccc(Cn2ncc3cc(C(=O)Nc4ccccc4)cnc32)c(OC)c1. The number of aromatic nitrogens is 3. The Kier molecular flexibility index (Phi) is 5.11. The van der Waals surface area contributed by atoms with E-state index in [1.54, 1.807) is 37.4 Å². The zero-order valence-corrected chi connectivity index (χ0v) is 16.1. The first kappa shape index (κ1) is 18.5. The molecule has 0 aliphatic carbocycles. The third-order valence-corrected chi connectivity index (χ3v) is 4.58. The zero-order chi connectivity index (χ0) is 20.2. The summed E-state index contributed by atoms with van der Waals surface area (Å²) in [5, 5.41) is 8.08. The predicted octanol–water partition coefficient (Wildman–Crippen LogP) is 3.75. The molecule has 0 saturated heterocycles. The fourth-order valence-corrected chi connectivity index (χ4v) is 3.08. The molecule has 4 aromatic rings. The molecule has 0 radical (unpaired) electrons. The fraction of sp³-hybridized carbons (Fsp3) is 0.136. The second kappa shape index (κ2) is 8.02. The lowest BCUT2D eigenvalue weighted by Gasteiger charge is -2.11. The molecule has 0 unspecified atom stereocenters. The van der Waals surface area contributed by atoms with Gasteiger partial charge in [0.25, 0.3) is 5.91 Å². The number of para-hydroxylation sites is 1. The monoisotopic (exact) mass is 388 g/mol. The molecule has 146 valence electrons. The van der Waals surface area contributed by atoms with Gasteiger partial charge in [-0.25, -0.2) is 9.67 Å². The van der Waals surface area contributed by atoms with Gasteiger partial charge in [0, 0.05) is 28.9 Å². The van der Waals surface area contributed by atoms with Crippen molar-refractivity contribution in [1.82, 2.24) is 14.8 Å². The van der Waals surface area contributed by atoms with Crippen LogP contribution in [0, 0.1) is 0 Å². The Hall–Kier alpha value is -3.87. The summed E-state index contributed by atoms with van der Waals surface area (Å²) in [5.41, 5.74) is 2.85. The Balaban J connectivity index is 1.58. The van der Waals surface area contributed by atoms with E-state index in [0.29, 0.717) is 23.5 Å². The summed E-state index contributed by atoms with van der Waals surface area (Å²) in [6, 6.07) is 16.7. The van der Waals surface area contributed by atoms with Crippen molar-refractivity contribution in [3.63, 3.8) is 0 Å². The van der Waals surface area contributed by atoms with Crippen LogP contribution in [0.3, 0.4) is 0 Å². The molecular formula is C22H20N4O3. The minimum atomic E-state index is -0.213. The minimum absolute atomic E-state index is 0.213. The van der Waals surface area contributed by atoms with Gasteiger partial charge in [0.15, 0.2) is 5.65 Å². The first-order valence-corrected chi connectivity index (χ1v) is 9.07. The number of carbonyl (C=O) groups excluding carboxylic acids is 1. The second-order valence-electron chi connectivity index (χ2n) is 6.44. The summed E-state index contributed by atoms with van der Waals surface area (Å²) in [6.45, 7) is 0.485. The van der Waals surface area contributed by atoms with Crippen molar-refractivity contribution in [1.29, 1.82) is 0 Å². The van der Waals surface area contributed by atoms with Crippen LogP contribution in [-0.4, -0.2) is 34.9 Å².